The Kier molecular flexibility index (Phi) is 4.45. The van der Waals surface area contributed by atoms with Crippen molar-refractivity contribution in [1.29, 1.82) is 0 Å². The first-order valence-corrected chi connectivity index (χ1v) is 9.37. The van der Waals surface area contributed by atoms with Gasteiger partial charge in [0.25, 0.3) is 0 Å². The summed E-state index contributed by atoms with van der Waals surface area (Å²) in [5.74, 6) is 1.63. The third-order valence-electron chi connectivity index (χ3n) is 4.57. The van der Waals surface area contributed by atoms with E-state index in [0.717, 1.165) is 72.1 Å². The summed E-state index contributed by atoms with van der Waals surface area (Å²) in [4.78, 5) is 7.26. The van der Waals surface area contributed by atoms with Gasteiger partial charge in [0, 0.05) is 41.5 Å². The molecule has 0 bridgehead atoms. The van der Waals surface area contributed by atoms with Gasteiger partial charge < -0.3 is 9.26 Å². The van der Waals surface area contributed by atoms with Crippen molar-refractivity contribution in [3.63, 3.8) is 0 Å². The summed E-state index contributed by atoms with van der Waals surface area (Å²) < 4.78 is 12.8. The molecule has 0 aromatic carbocycles. The van der Waals surface area contributed by atoms with Crippen LogP contribution in [0.25, 0.3) is 17.1 Å². The molecule has 0 unspecified atom stereocenters. The second-order valence-corrected chi connectivity index (χ2v) is 7.37. The molecule has 1 fully saturated rings. The van der Waals surface area contributed by atoms with Crippen molar-refractivity contribution in [3.05, 3.63) is 39.7 Å². The van der Waals surface area contributed by atoms with Crippen molar-refractivity contribution in [2.45, 2.75) is 27.3 Å². The molecule has 6 nitrogen and oxygen atoms in total. The molecule has 4 rings (SSSR count). The lowest BCUT2D eigenvalue weighted by atomic mass is 10.2. The van der Waals surface area contributed by atoms with E-state index >= 15 is 0 Å². The molecule has 4 heterocycles. The highest BCUT2D eigenvalue weighted by atomic mass is 32.1. The maximum atomic E-state index is 5.41. The first kappa shape index (κ1) is 16.5. The molecule has 0 aliphatic carbocycles. The van der Waals surface area contributed by atoms with Gasteiger partial charge in [-0.1, -0.05) is 5.16 Å². The molecule has 7 heteroatoms. The predicted molar refractivity (Wildman–Crippen MR) is 97.2 cm³/mol. The fourth-order valence-electron chi connectivity index (χ4n) is 3.29. The van der Waals surface area contributed by atoms with Gasteiger partial charge in [-0.2, -0.15) is 0 Å². The summed E-state index contributed by atoms with van der Waals surface area (Å²) in [6.45, 7) is 10.6. The van der Waals surface area contributed by atoms with E-state index in [9.17, 15) is 0 Å². The number of thiazole rings is 1. The van der Waals surface area contributed by atoms with Gasteiger partial charge in [0.05, 0.1) is 25.5 Å². The van der Waals surface area contributed by atoms with Gasteiger partial charge in [-0.25, -0.2) is 4.98 Å². The van der Waals surface area contributed by atoms with E-state index < -0.39 is 0 Å². The zero-order valence-electron chi connectivity index (χ0n) is 14.8. The maximum absolute atomic E-state index is 5.41. The van der Waals surface area contributed by atoms with Crippen LogP contribution in [0.4, 0.5) is 0 Å². The Labute approximate surface area is 151 Å². The number of hydrogen-bond donors (Lipinski definition) is 0. The summed E-state index contributed by atoms with van der Waals surface area (Å²) in [5, 5.41) is 7.45. The largest absolute Gasteiger partial charge is 0.379 e. The fraction of sp³-hybridized carbons (Fsp3) is 0.444. The molecule has 0 amide bonds. The molecule has 1 saturated heterocycles. The van der Waals surface area contributed by atoms with E-state index in [-0.39, 0.29) is 0 Å². The van der Waals surface area contributed by atoms with E-state index in [2.05, 4.69) is 39.9 Å². The second-order valence-electron chi connectivity index (χ2n) is 6.43. The monoisotopic (exact) mass is 358 g/mol. The van der Waals surface area contributed by atoms with Crippen LogP contribution in [-0.2, 0) is 11.3 Å². The summed E-state index contributed by atoms with van der Waals surface area (Å²) >= 11 is 1.72. The minimum absolute atomic E-state index is 0.811. The van der Waals surface area contributed by atoms with E-state index in [4.69, 9.17) is 14.2 Å². The third-order valence-corrected chi connectivity index (χ3v) is 5.40. The zero-order valence-corrected chi connectivity index (χ0v) is 15.6. The molecular formula is C18H22N4O2S. The number of morpholine rings is 1. The van der Waals surface area contributed by atoms with Gasteiger partial charge in [0.1, 0.15) is 10.8 Å². The van der Waals surface area contributed by atoms with Gasteiger partial charge in [-0.3, -0.25) is 9.47 Å². The SMILES string of the molecule is Cc1cc(-n2c(C)cc(-c3csc(CN4CCOCC4)n3)c2C)no1. The van der Waals surface area contributed by atoms with Crippen molar-refractivity contribution < 1.29 is 9.26 Å². The Morgan fingerprint density at radius 2 is 1.96 bits per heavy atom. The molecule has 3 aromatic heterocycles. The van der Waals surface area contributed by atoms with Gasteiger partial charge in [0.2, 0.25) is 0 Å². The minimum Gasteiger partial charge on any atom is -0.379 e. The van der Waals surface area contributed by atoms with Gasteiger partial charge in [-0.05, 0) is 26.8 Å². The van der Waals surface area contributed by atoms with Crippen molar-refractivity contribution >= 4 is 11.3 Å². The predicted octanol–water partition coefficient (Wildman–Crippen LogP) is 3.35. The van der Waals surface area contributed by atoms with Crippen LogP contribution in [0.2, 0.25) is 0 Å². The molecule has 132 valence electrons. The standard InChI is InChI=1S/C18H22N4O2S/c1-12-8-15(14(3)22(12)17-9-13(2)24-20-17)16-11-25-18(19-16)10-21-4-6-23-7-5-21/h8-9,11H,4-7,10H2,1-3H3. The Morgan fingerprint density at radius 1 is 1.16 bits per heavy atom. The van der Waals surface area contributed by atoms with Crippen LogP contribution in [0.15, 0.2) is 22.0 Å². The van der Waals surface area contributed by atoms with E-state index in [1.165, 1.54) is 0 Å². The topological polar surface area (TPSA) is 56.3 Å². The summed E-state index contributed by atoms with van der Waals surface area (Å²) in [6, 6.07) is 4.13. The minimum atomic E-state index is 0.811. The number of rotatable bonds is 4. The lowest BCUT2D eigenvalue weighted by molar-refractivity contribution is 0.0342. The Balaban J connectivity index is 1.60. The Hall–Kier alpha value is -1.96. The first-order chi connectivity index (χ1) is 12.1. The average molecular weight is 358 g/mol. The molecule has 25 heavy (non-hydrogen) atoms. The molecular weight excluding hydrogens is 336 g/mol. The smallest absolute Gasteiger partial charge is 0.180 e. The highest BCUT2D eigenvalue weighted by molar-refractivity contribution is 7.09. The quantitative estimate of drug-likeness (QED) is 0.716. The van der Waals surface area contributed by atoms with Crippen molar-refractivity contribution in [2.75, 3.05) is 26.3 Å². The summed E-state index contributed by atoms with van der Waals surface area (Å²) in [5.41, 5.74) is 4.45. The number of ether oxygens (including phenoxy) is 1. The average Bonchev–Trinajstić information content (AvgIpc) is 3.29. The van der Waals surface area contributed by atoms with E-state index in [1.807, 2.05) is 13.0 Å². The van der Waals surface area contributed by atoms with Crippen LogP contribution in [0, 0.1) is 20.8 Å². The van der Waals surface area contributed by atoms with E-state index in [0.29, 0.717) is 0 Å². The second kappa shape index (κ2) is 6.74. The van der Waals surface area contributed by atoms with Gasteiger partial charge in [-0.15, -0.1) is 11.3 Å². The van der Waals surface area contributed by atoms with Crippen LogP contribution >= 0.6 is 11.3 Å². The highest BCUT2D eigenvalue weighted by Crippen LogP contribution is 2.30. The van der Waals surface area contributed by atoms with Crippen LogP contribution < -0.4 is 0 Å². The van der Waals surface area contributed by atoms with Crippen molar-refractivity contribution in [1.82, 2.24) is 19.6 Å². The van der Waals surface area contributed by atoms with Crippen LogP contribution in [0.5, 0.6) is 0 Å². The summed E-state index contributed by atoms with van der Waals surface area (Å²) in [6.07, 6.45) is 0. The highest BCUT2D eigenvalue weighted by Gasteiger charge is 2.18. The lowest BCUT2D eigenvalue weighted by Crippen LogP contribution is -2.35. The normalized spacial score (nSPS) is 15.8. The maximum Gasteiger partial charge on any atom is 0.180 e. The number of aromatic nitrogens is 3. The zero-order chi connectivity index (χ0) is 17.4. The van der Waals surface area contributed by atoms with E-state index in [1.54, 1.807) is 11.3 Å². The Morgan fingerprint density at radius 3 is 2.68 bits per heavy atom. The molecule has 0 spiro atoms. The first-order valence-electron chi connectivity index (χ1n) is 8.49. The molecule has 0 atom stereocenters. The van der Waals surface area contributed by atoms with Crippen molar-refractivity contribution in [3.8, 4) is 17.1 Å². The van der Waals surface area contributed by atoms with Crippen LogP contribution in [0.1, 0.15) is 22.2 Å². The fourth-order valence-corrected chi connectivity index (χ4v) is 4.13. The number of aryl methyl sites for hydroxylation is 2. The Bertz CT molecular complexity index is 874. The van der Waals surface area contributed by atoms with Crippen LogP contribution in [-0.4, -0.2) is 45.9 Å². The van der Waals surface area contributed by atoms with Crippen molar-refractivity contribution in [2.24, 2.45) is 0 Å². The molecule has 0 radical (unpaired) electrons. The summed E-state index contributed by atoms with van der Waals surface area (Å²) in [7, 11) is 0. The van der Waals surface area contributed by atoms with Gasteiger partial charge in [0.15, 0.2) is 5.82 Å². The number of hydrogen-bond acceptors (Lipinski definition) is 6. The third kappa shape index (κ3) is 3.27. The molecule has 3 aromatic rings. The number of nitrogens with zero attached hydrogens (tertiary/aromatic N) is 4. The molecule has 0 saturated carbocycles. The van der Waals surface area contributed by atoms with Crippen LogP contribution in [0.3, 0.4) is 0 Å². The lowest BCUT2D eigenvalue weighted by Gasteiger charge is -2.25. The van der Waals surface area contributed by atoms with Gasteiger partial charge >= 0.3 is 0 Å². The molecule has 1 aliphatic rings. The molecule has 0 N–H and O–H groups in total. The molecule has 1 aliphatic heterocycles.